The summed E-state index contributed by atoms with van der Waals surface area (Å²) in [7, 11) is 3.83. The molecular weight excluding hydrogens is 432 g/mol. The topological polar surface area (TPSA) is 107 Å². The molecule has 1 unspecified atom stereocenters. The van der Waals surface area contributed by atoms with E-state index in [1.54, 1.807) is 12.4 Å². The van der Waals surface area contributed by atoms with Crippen LogP contribution in [0.25, 0.3) is 0 Å². The Kier molecular flexibility index (Phi) is 6.31. The summed E-state index contributed by atoms with van der Waals surface area (Å²) >= 11 is 0. The minimum absolute atomic E-state index is 0.00820. The van der Waals surface area contributed by atoms with Crippen LogP contribution in [0.5, 0.6) is 0 Å². The second kappa shape index (κ2) is 9.03. The maximum atomic E-state index is 13.3. The summed E-state index contributed by atoms with van der Waals surface area (Å²) < 4.78 is 26.7. The molecule has 0 radical (unpaired) electrons. The number of rotatable bonds is 5. The standard InChI is InChI=1S/C21H27F2N7.CH2O2/c1-29(2)19-27-16-15(17(28-19)26-13-14-12-21(14,22)23)4-5-20(16)6-10-30(11-7-20)18-24-8-3-9-25-18;2-1-3/h3,8-9,14H,4-7,10-13H2,1-2H3,(H,26,27,28);1H,(H,2,3). The maximum absolute atomic E-state index is 13.3. The van der Waals surface area contributed by atoms with Crippen molar-refractivity contribution >= 4 is 24.2 Å². The Hall–Kier alpha value is -3.11. The fourth-order valence-corrected chi connectivity index (χ4v) is 4.76. The number of alkyl halides is 2. The van der Waals surface area contributed by atoms with Crippen molar-refractivity contribution in [2.45, 2.75) is 43.4 Å². The fourth-order valence-electron chi connectivity index (χ4n) is 4.76. The van der Waals surface area contributed by atoms with Crippen LogP contribution < -0.4 is 15.1 Å². The zero-order chi connectivity index (χ0) is 23.6. The summed E-state index contributed by atoms with van der Waals surface area (Å²) in [4.78, 5) is 30.8. The van der Waals surface area contributed by atoms with Gasteiger partial charge in [0.1, 0.15) is 5.82 Å². The third-order valence-electron chi connectivity index (χ3n) is 6.78. The van der Waals surface area contributed by atoms with Crippen molar-refractivity contribution in [1.82, 2.24) is 19.9 Å². The lowest BCUT2D eigenvalue weighted by molar-refractivity contribution is -0.122. The van der Waals surface area contributed by atoms with Gasteiger partial charge in [0.15, 0.2) is 0 Å². The average Bonchev–Trinajstić information content (AvgIpc) is 3.28. The molecule has 33 heavy (non-hydrogen) atoms. The lowest BCUT2D eigenvalue weighted by Gasteiger charge is -2.39. The normalized spacial score (nSPS) is 21.6. The summed E-state index contributed by atoms with van der Waals surface area (Å²) in [5.74, 6) is -0.974. The summed E-state index contributed by atoms with van der Waals surface area (Å²) in [6.45, 7) is 1.76. The van der Waals surface area contributed by atoms with E-state index in [9.17, 15) is 8.78 Å². The first-order valence-corrected chi connectivity index (χ1v) is 11.1. The maximum Gasteiger partial charge on any atom is 0.290 e. The smallest absolute Gasteiger partial charge is 0.290 e. The zero-order valence-electron chi connectivity index (χ0n) is 18.8. The number of nitrogens with zero attached hydrogens (tertiary/aromatic N) is 6. The van der Waals surface area contributed by atoms with Gasteiger partial charge in [0.25, 0.3) is 12.4 Å². The molecule has 0 bridgehead atoms. The number of hydrogen-bond donors (Lipinski definition) is 2. The summed E-state index contributed by atoms with van der Waals surface area (Å²) in [6.07, 6.45) is 7.37. The number of fused-ring (bicyclic) bond motifs is 2. The van der Waals surface area contributed by atoms with Crippen molar-refractivity contribution < 1.29 is 18.7 Å². The van der Waals surface area contributed by atoms with Gasteiger partial charge >= 0.3 is 0 Å². The van der Waals surface area contributed by atoms with Crippen LogP contribution in [0.15, 0.2) is 18.5 Å². The number of piperidine rings is 1. The van der Waals surface area contributed by atoms with Gasteiger partial charge < -0.3 is 20.2 Å². The fraction of sp³-hybridized carbons (Fsp3) is 0.591. The first kappa shape index (κ1) is 23.1. The lowest BCUT2D eigenvalue weighted by atomic mass is 9.76. The molecule has 9 nitrogen and oxygen atoms in total. The van der Waals surface area contributed by atoms with Crippen LogP contribution in [-0.4, -0.2) is 71.2 Å². The van der Waals surface area contributed by atoms with E-state index in [-0.39, 0.29) is 24.9 Å². The number of aromatic nitrogens is 4. The quantitative estimate of drug-likeness (QED) is 0.650. The van der Waals surface area contributed by atoms with Crippen molar-refractivity contribution in [3.63, 3.8) is 0 Å². The van der Waals surface area contributed by atoms with Crippen LogP contribution in [0, 0.1) is 5.92 Å². The second-order valence-electron chi connectivity index (χ2n) is 9.06. The third kappa shape index (κ3) is 4.67. The molecule has 2 aromatic heterocycles. The average molecular weight is 462 g/mol. The van der Waals surface area contributed by atoms with Gasteiger partial charge in [-0.1, -0.05) is 0 Å². The van der Waals surface area contributed by atoms with Crippen molar-refractivity contribution in [1.29, 1.82) is 0 Å². The van der Waals surface area contributed by atoms with Gasteiger partial charge in [-0.05, 0) is 31.7 Å². The van der Waals surface area contributed by atoms with Gasteiger partial charge in [0.05, 0.1) is 5.69 Å². The Balaban J connectivity index is 0.000000821. The summed E-state index contributed by atoms with van der Waals surface area (Å²) in [6, 6.07) is 1.83. The molecular formula is C22H29F2N7O2. The lowest BCUT2D eigenvalue weighted by Crippen LogP contribution is -2.42. The van der Waals surface area contributed by atoms with Gasteiger partial charge in [0.2, 0.25) is 11.9 Å². The van der Waals surface area contributed by atoms with Gasteiger partial charge in [-0.2, -0.15) is 4.98 Å². The SMILES string of the molecule is CN(C)c1nc(NCC2CC2(F)F)c2c(n1)C1(CC2)CCN(c2ncccn2)CC1.O=CO. The van der Waals surface area contributed by atoms with Crippen molar-refractivity contribution in [3.05, 3.63) is 29.7 Å². The first-order valence-electron chi connectivity index (χ1n) is 11.1. The van der Waals surface area contributed by atoms with Gasteiger partial charge in [0, 0.05) is 69.4 Å². The Morgan fingerprint density at radius 2 is 1.85 bits per heavy atom. The molecule has 0 aromatic carbocycles. The molecule has 0 amide bonds. The molecule has 3 heterocycles. The predicted molar refractivity (Wildman–Crippen MR) is 120 cm³/mol. The summed E-state index contributed by atoms with van der Waals surface area (Å²) in [5, 5.41) is 10.1. The highest BCUT2D eigenvalue weighted by Gasteiger charge is 2.56. The molecule has 1 saturated heterocycles. The Bertz CT molecular complexity index is 982. The van der Waals surface area contributed by atoms with Crippen molar-refractivity contribution in [2.75, 3.05) is 48.8 Å². The van der Waals surface area contributed by atoms with Crippen LogP contribution in [0.2, 0.25) is 0 Å². The Labute approximate surface area is 191 Å². The predicted octanol–water partition coefficient (Wildman–Crippen LogP) is 2.58. The minimum atomic E-state index is -2.53. The number of carboxylic acid groups (broad SMARTS) is 1. The Morgan fingerprint density at radius 1 is 1.21 bits per heavy atom. The van der Waals surface area contributed by atoms with E-state index in [0.717, 1.165) is 61.8 Å². The number of hydrogen-bond acceptors (Lipinski definition) is 8. The second-order valence-corrected chi connectivity index (χ2v) is 9.06. The molecule has 5 rings (SSSR count). The van der Waals surface area contributed by atoms with E-state index in [2.05, 4.69) is 25.2 Å². The minimum Gasteiger partial charge on any atom is -0.483 e. The number of anilines is 3. The van der Waals surface area contributed by atoms with Crippen LogP contribution in [-0.2, 0) is 16.6 Å². The van der Waals surface area contributed by atoms with Gasteiger partial charge in [-0.25, -0.2) is 23.7 Å². The molecule has 1 aliphatic heterocycles. The van der Waals surface area contributed by atoms with Crippen molar-refractivity contribution in [3.8, 4) is 0 Å². The molecule has 2 N–H and O–H groups in total. The monoisotopic (exact) mass is 461 g/mol. The Morgan fingerprint density at radius 3 is 2.42 bits per heavy atom. The number of carbonyl (C=O) groups is 1. The molecule has 11 heteroatoms. The number of halogens is 2. The highest BCUT2D eigenvalue weighted by atomic mass is 19.3. The molecule has 2 aromatic rings. The zero-order valence-corrected chi connectivity index (χ0v) is 18.8. The highest BCUT2D eigenvalue weighted by molar-refractivity contribution is 5.56. The molecule has 3 aliphatic rings. The molecule has 1 atom stereocenters. The summed E-state index contributed by atoms with van der Waals surface area (Å²) in [5.41, 5.74) is 2.21. The van der Waals surface area contributed by atoms with Crippen molar-refractivity contribution in [2.24, 2.45) is 5.92 Å². The van der Waals surface area contributed by atoms with E-state index in [1.165, 1.54) is 0 Å². The van der Waals surface area contributed by atoms with E-state index in [4.69, 9.17) is 14.9 Å². The van der Waals surface area contributed by atoms with Crippen LogP contribution in [0.4, 0.5) is 26.5 Å². The third-order valence-corrected chi connectivity index (χ3v) is 6.78. The molecule has 1 spiro atoms. The van der Waals surface area contributed by atoms with Crippen LogP contribution >= 0.6 is 0 Å². The molecule has 1 saturated carbocycles. The molecule has 2 aliphatic carbocycles. The van der Waals surface area contributed by atoms with Crippen LogP contribution in [0.1, 0.15) is 36.9 Å². The van der Waals surface area contributed by atoms with E-state index in [0.29, 0.717) is 5.95 Å². The van der Waals surface area contributed by atoms with Gasteiger partial charge in [-0.3, -0.25) is 4.79 Å². The molecule has 178 valence electrons. The van der Waals surface area contributed by atoms with Gasteiger partial charge in [-0.15, -0.1) is 0 Å². The number of nitrogens with one attached hydrogen (secondary N) is 1. The van der Waals surface area contributed by atoms with E-state index in [1.807, 2.05) is 25.1 Å². The van der Waals surface area contributed by atoms with E-state index >= 15 is 0 Å². The van der Waals surface area contributed by atoms with E-state index < -0.39 is 11.8 Å². The molecule has 2 fully saturated rings. The van der Waals surface area contributed by atoms with Crippen LogP contribution in [0.3, 0.4) is 0 Å². The highest BCUT2D eigenvalue weighted by Crippen LogP contribution is 2.50. The largest absolute Gasteiger partial charge is 0.483 e. The first-order chi connectivity index (χ1) is 15.8.